The second-order valence-electron chi connectivity index (χ2n) is 2.75. The van der Waals surface area contributed by atoms with Crippen molar-refractivity contribution in [3.63, 3.8) is 0 Å². The molecule has 0 aliphatic heterocycles. The van der Waals surface area contributed by atoms with Crippen molar-refractivity contribution in [2.45, 2.75) is 6.92 Å². The summed E-state index contributed by atoms with van der Waals surface area (Å²) in [5, 5.41) is 3.07. The van der Waals surface area contributed by atoms with Crippen LogP contribution in [0.1, 0.15) is 11.1 Å². The van der Waals surface area contributed by atoms with E-state index in [9.17, 15) is 0 Å². The highest BCUT2D eigenvalue weighted by Gasteiger charge is 2.00. The average Bonchev–Trinajstić information content (AvgIpc) is 2.08. The zero-order chi connectivity index (χ0) is 9.14. The summed E-state index contributed by atoms with van der Waals surface area (Å²) in [4.78, 5) is 0. The average molecular weight is 162 g/mol. The zero-order valence-corrected chi connectivity index (χ0v) is 7.52. The van der Waals surface area contributed by atoms with Gasteiger partial charge in [-0.25, -0.2) is 0 Å². The van der Waals surface area contributed by atoms with Gasteiger partial charge in [0.2, 0.25) is 0 Å². The molecule has 1 aromatic carbocycles. The SMILES string of the molecule is C=Cc1cc(C)c(NC)cc1N. The van der Waals surface area contributed by atoms with Crippen LogP contribution in [0.3, 0.4) is 0 Å². The smallest absolute Gasteiger partial charge is 0.0408 e. The minimum Gasteiger partial charge on any atom is -0.398 e. The fraction of sp³-hybridized carbons (Fsp3) is 0.200. The maximum absolute atomic E-state index is 5.77. The van der Waals surface area contributed by atoms with Gasteiger partial charge in [0.25, 0.3) is 0 Å². The molecule has 0 spiro atoms. The molecule has 0 fully saturated rings. The van der Waals surface area contributed by atoms with E-state index in [0.717, 1.165) is 16.9 Å². The van der Waals surface area contributed by atoms with E-state index in [4.69, 9.17) is 5.73 Å². The van der Waals surface area contributed by atoms with Crippen molar-refractivity contribution in [3.8, 4) is 0 Å². The number of anilines is 2. The van der Waals surface area contributed by atoms with Crippen LogP contribution in [0.15, 0.2) is 18.7 Å². The molecule has 0 saturated carbocycles. The highest BCUT2D eigenvalue weighted by atomic mass is 14.8. The van der Waals surface area contributed by atoms with Gasteiger partial charge >= 0.3 is 0 Å². The van der Waals surface area contributed by atoms with Gasteiger partial charge in [0.05, 0.1) is 0 Å². The van der Waals surface area contributed by atoms with Crippen LogP contribution in [0.2, 0.25) is 0 Å². The van der Waals surface area contributed by atoms with E-state index in [1.165, 1.54) is 5.56 Å². The van der Waals surface area contributed by atoms with Crippen LogP contribution in [0.4, 0.5) is 11.4 Å². The van der Waals surface area contributed by atoms with Gasteiger partial charge in [-0.15, -0.1) is 0 Å². The normalized spacial score (nSPS) is 9.50. The van der Waals surface area contributed by atoms with Gasteiger partial charge in [-0.2, -0.15) is 0 Å². The molecule has 12 heavy (non-hydrogen) atoms. The summed E-state index contributed by atoms with van der Waals surface area (Å²) in [5.41, 5.74) is 9.77. The molecule has 1 aromatic rings. The quantitative estimate of drug-likeness (QED) is 0.654. The van der Waals surface area contributed by atoms with Gasteiger partial charge in [-0.1, -0.05) is 12.7 Å². The van der Waals surface area contributed by atoms with Crippen LogP contribution in [-0.4, -0.2) is 7.05 Å². The molecule has 1 rings (SSSR count). The molecular formula is C10H14N2. The van der Waals surface area contributed by atoms with E-state index in [1.54, 1.807) is 6.08 Å². The van der Waals surface area contributed by atoms with Gasteiger partial charge < -0.3 is 11.1 Å². The lowest BCUT2D eigenvalue weighted by atomic mass is 10.1. The number of nitrogens with one attached hydrogen (secondary N) is 1. The molecule has 0 radical (unpaired) electrons. The number of hydrogen-bond acceptors (Lipinski definition) is 2. The fourth-order valence-corrected chi connectivity index (χ4v) is 1.19. The molecule has 0 aliphatic rings. The molecule has 0 aliphatic carbocycles. The zero-order valence-electron chi connectivity index (χ0n) is 7.52. The highest BCUT2D eigenvalue weighted by Crippen LogP contribution is 2.22. The Morgan fingerprint density at radius 1 is 1.50 bits per heavy atom. The number of nitrogens with two attached hydrogens (primary N) is 1. The first-order valence-electron chi connectivity index (χ1n) is 3.89. The Labute approximate surface area is 73.1 Å². The van der Waals surface area contributed by atoms with Gasteiger partial charge in [0.1, 0.15) is 0 Å². The van der Waals surface area contributed by atoms with Crippen LogP contribution in [0, 0.1) is 6.92 Å². The Balaban J connectivity index is 3.25. The summed E-state index contributed by atoms with van der Waals surface area (Å²) in [7, 11) is 1.88. The van der Waals surface area contributed by atoms with Crippen LogP contribution in [0.5, 0.6) is 0 Å². The van der Waals surface area contributed by atoms with E-state index in [-0.39, 0.29) is 0 Å². The van der Waals surface area contributed by atoms with Crippen LogP contribution in [-0.2, 0) is 0 Å². The molecule has 2 heteroatoms. The lowest BCUT2D eigenvalue weighted by Crippen LogP contribution is -1.96. The topological polar surface area (TPSA) is 38.0 Å². The molecule has 0 amide bonds. The molecule has 0 heterocycles. The largest absolute Gasteiger partial charge is 0.398 e. The third-order valence-corrected chi connectivity index (χ3v) is 1.92. The van der Waals surface area contributed by atoms with E-state index < -0.39 is 0 Å². The molecule has 0 saturated heterocycles. The predicted molar refractivity (Wildman–Crippen MR) is 55.2 cm³/mol. The number of nitrogen functional groups attached to an aromatic ring is 1. The number of aryl methyl sites for hydroxylation is 1. The van der Waals surface area contributed by atoms with E-state index >= 15 is 0 Å². The summed E-state index contributed by atoms with van der Waals surface area (Å²) < 4.78 is 0. The monoisotopic (exact) mass is 162 g/mol. The molecule has 0 aromatic heterocycles. The Morgan fingerprint density at radius 3 is 2.67 bits per heavy atom. The first-order chi connectivity index (χ1) is 5.69. The van der Waals surface area contributed by atoms with Crippen LogP contribution < -0.4 is 11.1 Å². The summed E-state index contributed by atoms with van der Waals surface area (Å²) in [6.07, 6.45) is 1.77. The number of hydrogen-bond donors (Lipinski definition) is 2. The van der Waals surface area contributed by atoms with Gasteiger partial charge in [0, 0.05) is 18.4 Å². The standard InChI is InChI=1S/C10H14N2/c1-4-8-5-7(2)10(12-3)6-9(8)11/h4-6,12H,1,11H2,2-3H3. The van der Waals surface area contributed by atoms with Gasteiger partial charge in [0.15, 0.2) is 0 Å². The van der Waals surface area contributed by atoms with Crippen molar-refractivity contribution in [3.05, 3.63) is 29.8 Å². The Hall–Kier alpha value is -1.44. The summed E-state index contributed by atoms with van der Waals surface area (Å²) in [5.74, 6) is 0. The van der Waals surface area contributed by atoms with E-state index in [2.05, 4.69) is 11.9 Å². The summed E-state index contributed by atoms with van der Waals surface area (Å²) in [6.45, 7) is 5.73. The van der Waals surface area contributed by atoms with E-state index in [0.29, 0.717) is 0 Å². The van der Waals surface area contributed by atoms with Gasteiger partial charge in [-0.3, -0.25) is 0 Å². The van der Waals surface area contributed by atoms with Crippen LogP contribution in [0.25, 0.3) is 6.08 Å². The van der Waals surface area contributed by atoms with Crippen molar-refractivity contribution >= 4 is 17.5 Å². The summed E-state index contributed by atoms with van der Waals surface area (Å²) >= 11 is 0. The fourth-order valence-electron chi connectivity index (χ4n) is 1.19. The summed E-state index contributed by atoms with van der Waals surface area (Å²) in [6, 6.07) is 3.94. The lowest BCUT2D eigenvalue weighted by molar-refractivity contribution is 1.40. The Morgan fingerprint density at radius 2 is 2.17 bits per heavy atom. The Kier molecular flexibility index (Phi) is 2.38. The Bertz CT molecular complexity index is 303. The minimum atomic E-state index is 0.764. The molecule has 0 atom stereocenters. The van der Waals surface area contributed by atoms with Crippen molar-refractivity contribution in [2.75, 3.05) is 18.1 Å². The maximum atomic E-state index is 5.77. The van der Waals surface area contributed by atoms with Crippen LogP contribution >= 0.6 is 0 Å². The third-order valence-electron chi connectivity index (χ3n) is 1.92. The number of rotatable bonds is 2. The van der Waals surface area contributed by atoms with Gasteiger partial charge in [-0.05, 0) is 30.2 Å². The number of benzene rings is 1. The first-order valence-corrected chi connectivity index (χ1v) is 3.89. The second kappa shape index (κ2) is 3.30. The second-order valence-corrected chi connectivity index (χ2v) is 2.75. The highest BCUT2D eigenvalue weighted by molar-refractivity contribution is 5.71. The van der Waals surface area contributed by atoms with E-state index in [1.807, 2.05) is 26.1 Å². The van der Waals surface area contributed by atoms with Crippen molar-refractivity contribution in [2.24, 2.45) is 0 Å². The molecule has 64 valence electrons. The lowest BCUT2D eigenvalue weighted by Gasteiger charge is -2.08. The molecule has 0 bridgehead atoms. The molecule has 0 unspecified atom stereocenters. The third kappa shape index (κ3) is 1.42. The first kappa shape index (κ1) is 8.65. The predicted octanol–water partition coefficient (Wildman–Crippen LogP) is 2.26. The van der Waals surface area contributed by atoms with Crippen molar-refractivity contribution in [1.29, 1.82) is 0 Å². The van der Waals surface area contributed by atoms with Crippen molar-refractivity contribution < 1.29 is 0 Å². The minimum absolute atomic E-state index is 0.764. The molecule has 2 nitrogen and oxygen atoms in total. The molecule has 3 N–H and O–H groups in total. The van der Waals surface area contributed by atoms with Crippen molar-refractivity contribution in [1.82, 2.24) is 0 Å². The maximum Gasteiger partial charge on any atom is 0.0408 e. The molecular weight excluding hydrogens is 148 g/mol.